The number of nitrogen functional groups attached to an aromatic ring is 2. The topological polar surface area (TPSA) is 52.0 Å². The molecule has 4 aromatic carbocycles. The molecule has 0 aliphatic rings. The molecular weight excluding hydrogens is 348 g/mol. The van der Waals surface area contributed by atoms with Gasteiger partial charge in [0.05, 0.1) is 0 Å². The zero-order chi connectivity index (χ0) is 18.2. The van der Waals surface area contributed by atoms with Crippen molar-refractivity contribution in [2.75, 3.05) is 11.5 Å². The number of benzene rings is 4. The van der Waals surface area contributed by atoms with Gasteiger partial charge in [-0.25, -0.2) is 0 Å². The van der Waals surface area contributed by atoms with Crippen LogP contribution >= 0.6 is 13.5 Å². The summed E-state index contributed by atoms with van der Waals surface area (Å²) in [6, 6.07) is 36.3. The van der Waals surface area contributed by atoms with E-state index < -0.39 is 0 Å². The number of anilines is 2. The fourth-order valence-electron chi connectivity index (χ4n) is 2.61. The second-order valence-corrected chi connectivity index (χ2v) is 5.98. The van der Waals surface area contributed by atoms with E-state index in [4.69, 9.17) is 11.5 Å². The summed E-state index contributed by atoms with van der Waals surface area (Å²) in [5, 5.41) is 0. The normalized spacial score (nSPS) is 9.48. The second kappa shape index (κ2) is 10.1. The van der Waals surface area contributed by atoms with Gasteiger partial charge in [-0.15, -0.1) is 0 Å². The van der Waals surface area contributed by atoms with Crippen LogP contribution in [0, 0.1) is 0 Å². The highest BCUT2D eigenvalue weighted by Gasteiger charge is 1.95. The Balaban J connectivity index is 0.000000187. The minimum Gasteiger partial charge on any atom is -0.399 e. The molecule has 3 heteroatoms. The fraction of sp³-hybridized carbons (Fsp3) is 0. The van der Waals surface area contributed by atoms with E-state index >= 15 is 0 Å². The summed E-state index contributed by atoms with van der Waals surface area (Å²) in [6.45, 7) is 0. The van der Waals surface area contributed by atoms with E-state index in [1.54, 1.807) is 0 Å². The smallest absolute Gasteiger partial charge is 0.0314 e. The minimum atomic E-state index is 0. The van der Waals surface area contributed by atoms with E-state index in [0.29, 0.717) is 0 Å². The summed E-state index contributed by atoms with van der Waals surface area (Å²) in [4.78, 5) is 0. The Bertz CT molecular complexity index is 838. The third-order valence-electron chi connectivity index (χ3n) is 4.04. The molecule has 4 N–H and O–H groups in total. The lowest BCUT2D eigenvalue weighted by Crippen LogP contribution is -1.83. The van der Waals surface area contributed by atoms with Crippen LogP contribution in [0.15, 0.2) is 109 Å². The van der Waals surface area contributed by atoms with Gasteiger partial charge in [-0.05, 0) is 46.5 Å². The zero-order valence-corrected chi connectivity index (χ0v) is 16.0. The van der Waals surface area contributed by atoms with Crippen molar-refractivity contribution in [2.45, 2.75) is 0 Å². The first kappa shape index (κ1) is 20.1. The van der Waals surface area contributed by atoms with E-state index in [1.165, 1.54) is 22.3 Å². The summed E-state index contributed by atoms with van der Waals surface area (Å²) in [6.07, 6.45) is 0. The van der Waals surface area contributed by atoms with Gasteiger partial charge < -0.3 is 11.5 Å². The Kier molecular flexibility index (Phi) is 7.53. The van der Waals surface area contributed by atoms with Crippen molar-refractivity contribution in [3.63, 3.8) is 0 Å². The van der Waals surface area contributed by atoms with Crippen molar-refractivity contribution in [1.82, 2.24) is 0 Å². The van der Waals surface area contributed by atoms with E-state index in [9.17, 15) is 0 Å². The maximum Gasteiger partial charge on any atom is 0.0314 e. The van der Waals surface area contributed by atoms with Crippen LogP contribution in [0.25, 0.3) is 22.3 Å². The second-order valence-electron chi connectivity index (χ2n) is 5.98. The predicted octanol–water partition coefficient (Wildman–Crippen LogP) is 5.98. The maximum atomic E-state index is 5.60. The van der Waals surface area contributed by atoms with Gasteiger partial charge in [0.25, 0.3) is 0 Å². The highest BCUT2D eigenvalue weighted by atomic mass is 32.1. The average Bonchev–Trinajstić information content (AvgIpc) is 2.71. The first-order chi connectivity index (χ1) is 12.7. The molecule has 0 saturated heterocycles. The third-order valence-corrected chi connectivity index (χ3v) is 4.04. The summed E-state index contributed by atoms with van der Waals surface area (Å²) in [5.74, 6) is 0. The first-order valence-corrected chi connectivity index (χ1v) is 8.54. The number of rotatable bonds is 2. The van der Waals surface area contributed by atoms with Crippen LogP contribution in [0.2, 0.25) is 0 Å². The molecule has 0 heterocycles. The molecule has 0 saturated carbocycles. The van der Waals surface area contributed by atoms with Gasteiger partial charge in [0.2, 0.25) is 0 Å². The number of nitrogens with two attached hydrogens (primary N) is 2. The van der Waals surface area contributed by atoms with E-state index in [2.05, 4.69) is 24.3 Å². The molecule has 0 bridgehead atoms. The molecule has 4 aromatic rings. The fourth-order valence-corrected chi connectivity index (χ4v) is 2.61. The molecule has 0 atom stereocenters. The Labute approximate surface area is 167 Å². The number of hydrogen-bond donors (Lipinski definition) is 2. The SMILES string of the molecule is Nc1ccc(-c2ccccc2)cc1.Nc1ccc(-c2ccccc2)cc1.S. The lowest BCUT2D eigenvalue weighted by molar-refractivity contribution is 1.61. The van der Waals surface area contributed by atoms with Crippen molar-refractivity contribution in [1.29, 1.82) is 0 Å². The highest BCUT2D eigenvalue weighted by Crippen LogP contribution is 2.20. The molecule has 0 fully saturated rings. The monoisotopic (exact) mass is 372 g/mol. The molecule has 4 rings (SSSR count). The van der Waals surface area contributed by atoms with Gasteiger partial charge >= 0.3 is 0 Å². The van der Waals surface area contributed by atoms with Crippen molar-refractivity contribution in [2.24, 2.45) is 0 Å². The van der Waals surface area contributed by atoms with E-state index in [0.717, 1.165) is 11.4 Å². The number of hydrogen-bond acceptors (Lipinski definition) is 2. The van der Waals surface area contributed by atoms with E-state index in [-0.39, 0.29) is 13.5 Å². The van der Waals surface area contributed by atoms with Crippen molar-refractivity contribution < 1.29 is 0 Å². The molecule has 27 heavy (non-hydrogen) atoms. The highest BCUT2D eigenvalue weighted by molar-refractivity contribution is 7.59. The van der Waals surface area contributed by atoms with Crippen LogP contribution in [0.3, 0.4) is 0 Å². The average molecular weight is 373 g/mol. The zero-order valence-electron chi connectivity index (χ0n) is 15.0. The van der Waals surface area contributed by atoms with Crippen molar-refractivity contribution in [3.8, 4) is 22.3 Å². The quantitative estimate of drug-likeness (QED) is 0.425. The maximum absolute atomic E-state index is 5.60. The molecule has 0 amide bonds. The molecule has 0 unspecified atom stereocenters. The molecule has 136 valence electrons. The summed E-state index contributed by atoms with van der Waals surface area (Å²) < 4.78 is 0. The Hall–Kier alpha value is -3.17. The van der Waals surface area contributed by atoms with Crippen LogP contribution in [0.5, 0.6) is 0 Å². The van der Waals surface area contributed by atoms with Crippen LogP contribution in [0.4, 0.5) is 11.4 Å². The molecular formula is C24H24N2S. The Morgan fingerprint density at radius 2 is 0.593 bits per heavy atom. The van der Waals surface area contributed by atoms with Crippen LogP contribution < -0.4 is 11.5 Å². The predicted molar refractivity (Wildman–Crippen MR) is 123 cm³/mol. The molecule has 2 nitrogen and oxygen atoms in total. The van der Waals surface area contributed by atoms with Crippen LogP contribution in [0.1, 0.15) is 0 Å². The van der Waals surface area contributed by atoms with Gasteiger partial charge in [0.15, 0.2) is 0 Å². The molecule has 0 radical (unpaired) electrons. The van der Waals surface area contributed by atoms with Gasteiger partial charge in [-0.1, -0.05) is 84.9 Å². The lowest BCUT2D eigenvalue weighted by Gasteiger charge is -2.00. The minimum absolute atomic E-state index is 0. The van der Waals surface area contributed by atoms with Crippen molar-refractivity contribution in [3.05, 3.63) is 109 Å². The molecule has 0 aliphatic heterocycles. The summed E-state index contributed by atoms with van der Waals surface area (Å²) in [5.41, 5.74) is 17.7. The first-order valence-electron chi connectivity index (χ1n) is 8.54. The lowest BCUT2D eigenvalue weighted by atomic mass is 10.1. The van der Waals surface area contributed by atoms with Gasteiger partial charge in [-0.2, -0.15) is 13.5 Å². The Morgan fingerprint density at radius 1 is 0.333 bits per heavy atom. The molecule has 0 spiro atoms. The molecule has 0 aliphatic carbocycles. The Morgan fingerprint density at radius 3 is 0.889 bits per heavy atom. The summed E-state index contributed by atoms with van der Waals surface area (Å²) in [7, 11) is 0. The van der Waals surface area contributed by atoms with E-state index in [1.807, 2.05) is 84.9 Å². The summed E-state index contributed by atoms with van der Waals surface area (Å²) >= 11 is 0. The largest absolute Gasteiger partial charge is 0.399 e. The van der Waals surface area contributed by atoms with Gasteiger partial charge in [0, 0.05) is 11.4 Å². The standard InChI is InChI=1S/2C12H11N.H2S/c2*13-12-8-6-11(7-9-12)10-4-2-1-3-5-10;/h2*1-9H,13H2;1H2. The van der Waals surface area contributed by atoms with Crippen LogP contribution in [-0.4, -0.2) is 0 Å². The molecule has 0 aromatic heterocycles. The van der Waals surface area contributed by atoms with Crippen LogP contribution in [-0.2, 0) is 0 Å². The van der Waals surface area contributed by atoms with Crippen molar-refractivity contribution >= 4 is 24.9 Å². The van der Waals surface area contributed by atoms with Gasteiger partial charge in [0.1, 0.15) is 0 Å². The van der Waals surface area contributed by atoms with Gasteiger partial charge in [-0.3, -0.25) is 0 Å². The third kappa shape index (κ3) is 5.94.